The van der Waals surface area contributed by atoms with Crippen LogP contribution in [0.1, 0.15) is 5.76 Å². The highest BCUT2D eigenvalue weighted by Crippen LogP contribution is 2.32. The van der Waals surface area contributed by atoms with Crippen molar-refractivity contribution in [1.82, 2.24) is 10.2 Å². The maximum Gasteiger partial charge on any atom is 0.266 e. The van der Waals surface area contributed by atoms with Crippen molar-refractivity contribution in [3.63, 3.8) is 0 Å². The molecule has 2 aliphatic heterocycles. The Morgan fingerprint density at radius 2 is 2.33 bits per heavy atom. The zero-order chi connectivity index (χ0) is 17.3. The quantitative estimate of drug-likeness (QED) is 0.609. The molecule has 1 aromatic rings. The largest absolute Gasteiger partial charge is 0.465 e. The van der Waals surface area contributed by atoms with Crippen molar-refractivity contribution in [2.75, 3.05) is 12.3 Å². The van der Waals surface area contributed by atoms with Crippen molar-refractivity contribution < 1.29 is 22.4 Å². The summed E-state index contributed by atoms with van der Waals surface area (Å²) < 4.78 is 28.1. The van der Waals surface area contributed by atoms with E-state index in [1.807, 2.05) is 0 Å². The van der Waals surface area contributed by atoms with Gasteiger partial charge in [0.05, 0.1) is 23.0 Å². The third-order valence-electron chi connectivity index (χ3n) is 3.27. The minimum atomic E-state index is -3.25. The van der Waals surface area contributed by atoms with Gasteiger partial charge in [-0.2, -0.15) is 0 Å². The van der Waals surface area contributed by atoms with Crippen LogP contribution in [0.25, 0.3) is 6.08 Å². The van der Waals surface area contributed by atoms with Crippen molar-refractivity contribution in [1.29, 1.82) is 0 Å². The predicted molar refractivity (Wildman–Crippen MR) is 93.4 cm³/mol. The highest BCUT2D eigenvalue weighted by molar-refractivity contribution is 8.26. The Bertz CT molecular complexity index is 855. The Hall–Kier alpha value is -1.91. The summed E-state index contributed by atoms with van der Waals surface area (Å²) in [6, 6.07) is 2.81. The van der Waals surface area contributed by atoms with Gasteiger partial charge in [0.25, 0.3) is 5.91 Å². The van der Waals surface area contributed by atoms with Gasteiger partial charge in [0.1, 0.15) is 16.6 Å². The van der Waals surface area contributed by atoms with Gasteiger partial charge in [-0.05, 0) is 18.2 Å². The average Bonchev–Trinajstić information content (AvgIpc) is 3.17. The molecule has 0 aliphatic carbocycles. The number of nitrogens with zero attached hydrogens (tertiary/aromatic N) is 1. The van der Waals surface area contributed by atoms with E-state index < -0.39 is 21.8 Å². The highest BCUT2D eigenvalue weighted by Gasteiger charge is 2.34. The molecule has 1 fully saturated rings. The molecule has 10 heteroatoms. The SMILES string of the molecule is O=C(CN1C(=O)/C(=C\c2ccco2)SC1=S)N[C@H]1C=CS(=O)(=O)C1. The molecule has 3 heterocycles. The number of thioether (sulfide) groups is 1. The Kier molecular flexibility index (Phi) is 4.61. The number of sulfone groups is 1. The van der Waals surface area contributed by atoms with E-state index in [4.69, 9.17) is 16.6 Å². The Balaban J connectivity index is 1.63. The molecular formula is C14H12N2O5S3. The van der Waals surface area contributed by atoms with Crippen molar-refractivity contribution in [3.8, 4) is 0 Å². The van der Waals surface area contributed by atoms with Crippen LogP contribution in [0.3, 0.4) is 0 Å². The van der Waals surface area contributed by atoms with E-state index in [0.717, 1.165) is 17.2 Å². The van der Waals surface area contributed by atoms with Crippen molar-refractivity contribution in [2.24, 2.45) is 0 Å². The zero-order valence-electron chi connectivity index (χ0n) is 12.2. The lowest BCUT2D eigenvalue weighted by Gasteiger charge is -2.16. The molecular weight excluding hydrogens is 372 g/mol. The maximum absolute atomic E-state index is 12.3. The van der Waals surface area contributed by atoms with Crippen molar-refractivity contribution in [2.45, 2.75) is 6.04 Å². The number of carbonyl (C=O) groups excluding carboxylic acids is 2. The summed E-state index contributed by atoms with van der Waals surface area (Å²) in [4.78, 5) is 25.9. The summed E-state index contributed by atoms with van der Waals surface area (Å²) in [7, 11) is -3.25. The molecule has 1 atom stereocenters. The molecule has 2 amide bonds. The van der Waals surface area contributed by atoms with Gasteiger partial charge in [-0.25, -0.2) is 8.42 Å². The van der Waals surface area contributed by atoms with Crippen LogP contribution in [-0.4, -0.2) is 47.8 Å². The first-order valence-electron chi connectivity index (χ1n) is 6.83. The minimum absolute atomic E-state index is 0.171. The maximum atomic E-state index is 12.3. The molecule has 0 radical (unpaired) electrons. The summed E-state index contributed by atoms with van der Waals surface area (Å²) in [5.74, 6) is -0.514. The Morgan fingerprint density at radius 3 is 2.96 bits per heavy atom. The van der Waals surface area contributed by atoms with Gasteiger partial charge in [-0.15, -0.1) is 0 Å². The number of carbonyl (C=O) groups is 2. The number of thiocarbonyl (C=S) groups is 1. The molecule has 0 unspecified atom stereocenters. The van der Waals surface area contributed by atoms with E-state index in [1.165, 1.54) is 17.2 Å². The number of hydrogen-bond acceptors (Lipinski definition) is 7. The molecule has 126 valence electrons. The van der Waals surface area contributed by atoms with E-state index in [1.54, 1.807) is 18.2 Å². The van der Waals surface area contributed by atoms with Crippen LogP contribution in [0.15, 0.2) is 39.2 Å². The lowest BCUT2D eigenvalue weighted by molar-refractivity contribution is -0.128. The molecule has 1 N–H and O–H groups in total. The first kappa shape index (κ1) is 16.9. The fraction of sp³-hybridized carbons (Fsp3) is 0.214. The molecule has 24 heavy (non-hydrogen) atoms. The Labute approximate surface area is 147 Å². The second kappa shape index (κ2) is 6.54. The molecule has 7 nitrogen and oxygen atoms in total. The number of nitrogens with one attached hydrogen (secondary N) is 1. The summed E-state index contributed by atoms with van der Waals surface area (Å²) in [6.07, 6.45) is 4.46. The smallest absolute Gasteiger partial charge is 0.266 e. The van der Waals surface area contributed by atoms with Gasteiger partial charge < -0.3 is 9.73 Å². The number of amides is 2. The van der Waals surface area contributed by atoms with Gasteiger partial charge in [0.15, 0.2) is 9.84 Å². The van der Waals surface area contributed by atoms with E-state index >= 15 is 0 Å². The van der Waals surface area contributed by atoms with Crippen LogP contribution in [0.2, 0.25) is 0 Å². The van der Waals surface area contributed by atoms with Gasteiger partial charge in [0.2, 0.25) is 5.91 Å². The second-order valence-electron chi connectivity index (χ2n) is 5.12. The normalized spacial score (nSPS) is 24.1. The topological polar surface area (TPSA) is 96.7 Å². The molecule has 0 saturated carbocycles. The predicted octanol–water partition coefficient (Wildman–Crippen LogP) is 0.908. The van der Waals surface area contributed by atoms with Crippen LogP contribution in [0.5, 0.6) is 0 Å². The number of hydrogen-bond donors (Lipinski definition) is 1. The average molecular weight is 384 g/mol. The molecule has 0 spiro atoms. The number of furan rings is 1. The molecule has 0 bridgehead atoms. The van der Waals surface area contributed by atoms with Crippen LogP contribution >= 0.6 is 24.0 Å². The second-order valence-corrected chi connectivity index (χ2v) is 8.72. The van der Waals surface area contributed by atoms with Crippen molar-refractivity contribution >= 4 is 56.0 Å². The van der Waals surface area contributed by atoms with Crippen LogP contribution < -0.4 is 5.32 Å². The van der Waals surface area contributed by atoms with Gasteiger partial charge in [-0.1, -0.05) is 24.0 Å². The molecule has 1 aromatic heterocycles. The van der Waals surface area contributed by atoms with E-state index in [0.29, 0.717) is 10.7 Å². The standard InChI is InChI=1S/C14H12N2O5S3/c17-12(15-9-3-5-24(19,20)8-9)7-16-13(18)11(23-14(16)22)6-10-2-1-4-21-10/h1-6,9H,7-8H2,(H,15,17)/b11-6+/t9-/m0/s1. The lowest BCUT2D eigenvalue weighted by Crippen LogP contribution is -2.43. The first-order valence-corrected chi connectivity index (χ1v) is 9.77. The van der Waals surface area contributed by atoms with Gasteiger partial charge >= 0.3 is 0 Å². The van der Waals surface area contributed by atoms with Gasteiger partial charge in [0, 0.05) is 11.5 Å². The van der Waals surface area contributed by atoms with Crippen molar-refractivity contribution in [3.05, 3.63) is 40.5 Å². The fourth-order valence-electron chi connectivity index (χ4n) is 2.20. The minimum Gasteiger partial charge on any atom is -0.465 e. The lowest BCUT2D eigenvalue weighted by atomic mass is 10.3. The van der Waals surface area contributed by atoms with E-state index in [2.05, 4.69) is 5.32 Å². The molecule has 1 saturated heterocycles. The monoisotopic (exact) mass is 384 g/mol. The first-order chi connectivity index (χ1) is 11.3. The van der Waals surface area contributed by atoms with E-state index in [9.17, 15) is 18.0 Å². The third kappa shape index (κ3) is 3.77. The third-order valence-corrected chi connectivity index (χ3v) is 6.04. The number of rotatable bonds is 4. The summed E-state index contributed by atoms with van der Waals surface area (Å²) in [5.41, 5.74) is 0. The van der Waals surface area contributed by atoms with E-state index in [-0.39, 0.29) is 22.5 Å². The highest BCUT2D eigenvalue weighted by atomic mass is 32.2. The Morgan fingerprint density at radius 1 is 1.54 bits per heavy atom. The fourth-order valence-corrected chi connectivity index (χ4v) is 4.67. The molecule has 2 aliphatic rings. The zero-order valence-corrected chi connectivity index (χ0v) is 14.6. The summed E-state index contributed by atoms with van der Waals surface area (Å²) >= 11 is 6.22. The molecule has 3 rings (SSSR count). The van der Waals surface area contributed by atoms with Crippen LogP contribution in [0.4, 0.5) is 0 Å². The molecule has 0 aromatic carbocycles. The van der Waals surface area contributed by atoms with Crippen LogP contribution in [0, 0.1) is 0 Å². The van der Waals surface area contributed by atoms with Gasteiger partial charge in [-0.3, -0.25) is 14.5 Å². The summed E-state index contributed by atoms with van der Waals surface area (Å²) in [6.45, 7) is -0.259. The summed E-state index contributed by atoms with van der Waals surface area (Å²) in [5, 5.41) is 3.63. The van der Waals surface area contributed by atoms with Crippen LogP contribution in [-0.2, 0) is 19.4 Å².